The van der Waals surface area contributed by atoms with Crippen LogP contribution >= 0.6 is 0 Å². The van der Waals surface area contributed by atoms with Gasteiger partial charge in [-0.15, -0.1) is 5.34 Å². The number of carbonyl (C=O) groups excluding carboxylic acids is 6. The molecule has 8 saturated heterocycles. The van der Waals surface area contributed by atoms with Crippen LogP contribution in [0.2, 0.25) is 0 Å². The van der Waals surface area contributed by atoms with Crippen molar-refractivity contribution in [3.63, 3.8) is 0 Å². The summed E-state index contributed by atoms with van der Waals surface area (Å²) in [6.45, 7) is 18.3. The predicted octanol–water partition coefficient (Wildman–Crippen LogP) is 4.98. The van der Waals surface area contributed by atoms with Crippen molar-refractivity contribution in [2.45, 2.75) is 191 Å². The van der Waals surface area contributed by atoms with Crippen LogP contribution in [0.15, 0.2) is 127 Å². The van der Waals surface area contributed by atoms with E-state index < -0.39 is 11.2 Å². The fourth-order valence-electron chi connectivity index (χ4n) is 13.5. The van der Waals surface area contributed by atoms with Crippen molar-refractivity contribution in [1.29, 1.82) is 0 Å². The summed E-state index contributed by atoms with van der Waals surface area (Å²) in [5.74, 6) is 8.86. The fourth-order valence-corrected chi connectivity index (χ4v) is 13.5. The summed E-state index contributed by atoms with van der Waals surface area (Å²) >= 11 is 0. The fraction of sp³-hybridized carbons (Fsp3) is 0.605. The van der Waals surface area contributed by atoms with Crippen LogP contribution in [0, 0.1) is 10.1 Å². The average molecular weight is 1430 g/mol. The minimum Gasteiger partial charge on any atom is -0.444 e. The number of hydrazine groups is 1. The summed E-state index contributed by atoms with van der Waals surface area (Å²) in [5, 5.41) is 49.0. The third kappa shape index (κ3) is 38.2. The number of nitrogens with two attached hydrogens (primary N) is 3. The number of likely N-dealkylation sites (tertiary alicyclic amines) is 4. The Balaban J connectivity index is 0.000000413. The zero-order chi connectivity index (χ0) is 72.8. The molecule has 8 fully saturated rings. The number of nitrogens with one attached hydrogen (secondary N) is 4. The number of Topliss-reactive ketones (excluding diaryl/α,β-unsaturated/α-hetero) is 4. The summed E-state index contributed by atoms with van der Waals surface area (Å²) in [4.78, 5) is 84.3. The Labute approximate surface area is 628 Å². The molecular weight excluding hydrogens is 1310 g/mol. The van der Waals surface area contributed by atoms with Gasteiger partial charge in [0.2, 0.25) is 0 Å². The van der Waals surface area contributed by atoms with Crippen molar-refractivity contribution in [3.05, 3.63) is 154 Å². The van der Waals surface area contributed by atoms with Gasteiger partial charge in [-0.3, -0.25) is 50.5 Å². The molecule has 8 aliphatic rings. The number of ether oxygens (including phenoxy) is 2. The molecule has 4 aromatic rings. The molecule has 0 bridgehead atoms. The standard InChI is InChI=1S/C16H24N2O2.C16H23NO2.C15H20N2O2.C13H17NO.C8H14N2O2.C6H11NO.CH4O.CH4.H4N2.HNO2.Na/c17-12-15(19)11-16(20)7-4-9-18(10-8-16)13-14-5-2-1-3-6-14;1-14(18)12-16(19)8-5-10-17(11-9-16)13-15-6-3-2-4-7-15;18-14-16-12-15(19-14)7-4-9-17(10-8-15)11-13-5-2-1-3-6-13;15-13-7-4-9-14(10-8-13)11-12-5-2-1-3-6-12;11-7-10-6-8(12-7)2-1-4-9-5-3-8;8-6-2-1-4-7-5-3-6;1-2;;1-2;2-1-3;/h1-3,5-6,20H,4,7-13,17H2;2-4,6-7,19H,5,8-13H2,1H3;1-3,5-6H,4,7-12H2,(H,16,18);1-3,5-6H,4,7-11H2;9H,1-6H2,(H,10,11);7H,1-5H2;2H,1H3;1H4;1-2H2;(H,2,3);/q;;;;;;;;;;+1/p-1. The van der Waals surface area contributed by atoms with Gasteiger partial charge in [0.15, 0.2) is 0 Å². The second-order valence-corrected chi connectivity index (χ2v) is 26.9. The number of rotatable bonds is 13. The average Bonchev–Trinajstić information content (AvgIpc) is 1.69. The molecule has 12 rings (SSSR count). The van der Waals surface area contributed by atoms with E-state index in [0.29, 0.717) is 50.3 Å². The number of nitrogens with zero attached hydrogens (tertiary/aromatic N) is 5. The molecule has 0 aromatic heterocycles. The second kappa shape index (κ2) is 52.9. The Bertz CT molecular complexity index is 2920. The van der Waals surface area contributed by atoms with E-state index in [9.17, 15) is 39.0 Å². The van der Waals surface area contributed by atoms with E-state index >= 15 is 0 Å². The molecule has 0 aliphatic carbocycles. The number of hydrogen-bond donors (Lipinski definition) is 10. The SMILES string of the molecule is C.CC(=O)CC1(O)CCCN(Cc2ccccc2)CC1.CO.NCC(=O)CC1(O)CCCN(Cc2ccccc2)CC1.NN.O=C1CCCN(Cc2ccccc2)CC1.O=C1CCCNCC1.O=C1NCC2(CCCN(Cc3ccccc3)CC2)O1.O=C1NCC2(CCCNCC2)O1.O=N[O-].[Na+]. The molecule has 25 nitrogen and oxygen atoms in total. The number of alkyl carbamates (subject to hydrolysis) is 2. The van der Waals surface area contributed by atoms with E-state index in [0.717, 1.165) is 213 Å². The Morgan fingerprint density at radius 1 is 0.480 bits per heavy atom. The molecule has 2 spiro atoms. The summed E-state index contributed by atoms with van der Waals surface area (Å²) in [6, 6.07) is 41.7. The van der Waals surface area contributed by atoms with Crippen LogP contribution in [-0.2, 0) is 54.8 Å². The minimum atomic E-state index is -0.859. The number of aliphatic hydroxyl groups is 3. The monoisotopic (exact) mass is 1430 g/mol. The van der Waals surface area contributed by atoms with Crippen molar-refractivity contribution in [3.8, 4) is 0 Å². The molecule has 0 radical (unpaired) electrons. The zero-order valence-corrected chi connectivity index (χ0v) is 62.5. The number of hydrogen-bond acceptors (Lipinski definition) is 23. The van der Waals surface area contributed by atoms with Gasteiger partial charge in [-0.2, -0.15) is 0 Å². The van der Waals surface area contributed by atoms with Crippen LogP contribution in [0.25, 0.3) is 0 Å². The Hall–Kier alpha value is -5.98. The number of benzene rings is 4. The van der Waals surface area contributed by atoms with Crippen molar-refractivity contribution in [2.75, 3.05) is 105 Å². The van der Waals surface area contributed by atoms with Crippen LogP contribution < -0.4 is 68.2 Å². The normalized spacial score (nSPS) is 23.6. The molecule has 2 amide bonds. The number of ketones is 4. The maximum absolute atomic E-state index is 11.5. The predicted molar refractivity (Wildman–Crippen MR) is 396 cm³/mol. The third-order valence-corrected chi connectivity index (χ3v) is 18.8. The van der Waals surface area contributed by atoms with Crippen LogP contribution in [-0.4, -0.2) is 198 Å². The molecule has 102 heavy (non-hydrogen) atoms. The smallest absolute Gasteiger partial charge is 0.444 e. The van der Waals surface area contributed by atoms with E-state index in [4.69, 9.17) is 30.4 Å². The van der Waals surface area contributed by atoms with E-state index in [1.807, 2.05) is 36.4 Å². The first-order valence-corrected chi connectivity index (χ1v) is 35.7. The molecule has 564 valence electrons. The second-order valence-electron chi connectivity index (χ2n) is 26.9. The van der Waals surface area contributed by atoms with E-state index in [-0.39, 0.29) is 84.9 Å². The van der Waals surface area contributed by atoms with Gasteiger partial charge in [0.05, 0.1) is 30.8 Å². The van der Waals surface area contributed by atoms with Crippen LogP contribution in [0.4, 0.5) is 9.59 Å². The van der Waals surface area contributed by atoms with Crippen LogP contribution in [0.5, 0.6) is 0 Å². The van der Waals surface area contributed by atoms with E-state index in [1.54, 1.807) is 6.92 Å². The Morgan fingerprint density at radius 2 is 0.843 bits per heavy atom. The third-order valence-electron chi connectivity index (χ3n) is 18.8. The topological polar surface area (TPSA) is 373 Å². The van der Waals surface area contributed by atoms with Gasteiger partial charge in [-0.05, 0) is 152 Å². The van der Waals surface area contributed by atoms with Gasteiger partial charge >= 0.3 is 41.7 Å². The quantitative estimate of drug-likeness (QED) is 0.0365. The maximum atomic E-state index is 11.5. The first kappa shape index (κ1) is 92.1. The van der Waals surface area contributed by atoms with Gasteiger partial charge in [0, 0.05) is 117 Å². The number of aliphatic hydroxyl groups excluding tert-OH is 1. The Kier molecular flexibility index (Phi) is 47.8. The van der Waals surface area contributed by atoms with Gasteiger partial charge < -0.3 is 61.9 Å². The van der Waals surface area contributed by atoms with Gasteiger partial charge in [0.25, 0.3) is 0 Å². The molecule has 0 saturated carbocycles. The summed E-state index contributed by atoms with van der Waals surface area (Å²) in [6.07, 6.45) is 15.7. The summed E-state index contributed by atoms with van der Waals surface area (Å²) in [7, 11) is 1.00. The molecule has 4 unspecified atom stereocenters. The molecule has 13 N–H and O–H groups in total. The van der Waals surface area contributed by atoms with Crippen LogP contribution in [0.3, 0.4) is 0 Å². The number of amides is 2. The maximum Gasteiger partial charge on any atom is 1.00 e. The first-order valence-electron chi connectivity index (χ1n) is 35.7. The van der Waals surface area contributed by atoms with Gasteiger partial charge in [0.1, 0.15) is 34.3 Å². The largest absolute Gasteiger partial charge is 1.00 e. The molecule has 8 aliphatic heterocycles. The summed E-state index contributed by atoms with van der Waals surface area (Å²) < 4.78 is 10.8. The van der Waals surface area contributed by atoms with E-state index in [1.165, 1.54) is 22.3 Å². The molecule has 26 heteroatoms. The van der Waals surface area contributed by atoms with Crippen LogP contribution in [0.1, 0.15) is 165 Å². The van der Waals surface area contributed by atoms with Crippen molar-refractivity contribution in [1.82, 2.24) is 40.9 Å². The number of carbonyl (C=O) groups is 6. The van der Waals surface area contributed by atoms with Gasteiger partial charge in [-0.25, -0.2) is 9.59 Å². The first-order chi connectivity index (χ1) is 48.4. The summed E-state index contributed by atoms with van der Waals surface area (Å²) in [5.41, 5.74) is 8.54. The van der Waals surface area contributed by atoms with Crippen molar-refractivity contribution in [2.24, 2.45) is 22.8 Å². The minimum absolute atomic E-state index is 0. The van der Waals surface area contributed by atoms with Crippen molar-refractivity contribution >= 4 is 35.3 Å². The van der Waals surface area contributed by atoms with E-state index in [2.05, 4.69) is 137 Å². The molecule has 4 atom stereocenters. The molecular formula is C76H121N12NaO13. The zero-order valence-electron chi connectivity index (χ0n) is 60.5. The molecule has 4 aromatic carbocycles. The molecule has 8 heterocycles. The Morgan fingerprint density at radius 3 is 1.27 bits per heavy atom. The van der Waals surface area contributed by atoms with Gasteiger partial charge in [-0.1, -0.05) is 129 Å². The van der Waals surface area contributed by atoms with Crippen molar-refractivity contribution < 1.29 is 83.1 Å².